The van der Waals surface area contributed by atoms with Gasteiger partial charge in [-0.05, 0) is 35.7 Å². The van der Waals surface area contributed by atoms with Crippen LogP contribution in [0.25, 0.3) is 0 Å². The number of amides is 1. The first-order chi connectivity index (χ1) is 16.2. The van der Waals surface area contributed by atoms with Gasteiger partial charge in [-0.1, -0.05) is 42.5 Å². The number of thiophene rings is 1. The number of piperidine rings is 3. The minimum Gasteiger partial charge on any atom is -0.488 e. The predicted octanol–water partition coefficient (Wildman–Crippen LogP) is 5.58. The molecule has 3 aliphatic heterocycles. The number of anilines is 1. The Kier molecular flexibility index (Phi) is 6.65. The van der Waals surface area contributed by atoms with Crippen molar-refractivity contribution in [2.45, 2.75) is 25.5 Å². The highest BCUT2D eigenvalue weighted by molar-refractivity contribution is 7.09. The summed E-state index contributed by atoms with van der Waals surface area (Å²) in [6, 6.07) is 23.9. The van der Waals surface area contributed by atoms with Gasteiger partial charge in [-0.3, -0.25) is 4.90 Å². The van der Waals surface area contributed by atoms with Gasteiger partial charge in [-0.2, -0.15) is 0 Å². The fourth-order valence-corrected chi connectivity index (χ4v) is 5.86. The van der Waals surface area contributed by atoms with Crippen LogP contribution in [0.2, 0.25) is 0 Å². The number of hydrogen-bond acceptors (Lipinski definition) is 4. The van der Waals surface area contributed by atoms with Gasteiger partial charge in [0.05, 0.1) is 19.6 Å². The molecule has 2 bridgehead atoms. The van der Waals surface area contributed by atoms with E-state index < -0.39 is 0 Å². The highest BCUT2D eigenvalue weighted by Crippen LogP contribution is 2.36. The van der Waals surface area contributed by atoms with Gasteiger partial charge in [-0.25, -0.2) is 4.79 Å². The zero-order chi connectivity index (χ0) is 22.5. The lowest BCUT2D eigenvalue weighted by Crippen LogP contribution is -2.65. The summed E-state index contributed by atoms with van der Waals surface area (Å²) in [5.41, 5.74) is 0.873. The van der Waals surface area contributed by atoms with Gasteiger partial charge in [0, 0.05) is 29.3 Å². The van der Waals surface area contributed by atoms with Crippen molar-refractivity contribution >= 4 is 23.1 Å². The molecule has 0 N–H and O–H groups in total. The van der Waals surface area contributed by atoms with E-state index in [1.54, 1.807) is 16.2 Å². The van der Waals surface area contributed by atoms with Crippen molar-refractivity contribution in [2.24, 2.45) is 5.92 Å². The van der Waals surface area contributed by atoms with Crippen molar-refractivity contribution in [2.75, 3.05) is 37.7 Å². The molecule has 1 unspecified atom stereocenters. The molecule has 3 aliphatic rings. The van der Waals surface area contributed by atoms with Crippen molar-refractivity contribution in [3.63, 3.8) is 0 Å². The minimum absolute atomic E-state index is 0.0359. The third-order valence-corrected chi connectivity index (χ3v) is 7.91. The fraction of sp³-hybridized carbons (Fsp3) is 0.370. The Morgan fingerprint density at radius 2 is 1.70 bits per heavy atom. The van der Waals surface area contributed by atoms with Gasteiger partial charge in [0.25, 0.3) is 0 Å². The number of carbonyl (C=O) groups excluding carboxylic acids is 1. The molecule has 2 aromatic carbocycles. The number of quaternary nitrogens is 1. The first kappa shape index (κ1) is 22.0. The maximum Gasteiger partial charge on any atom is 0.415 e. The quantitative estimate of drug-likeness (QED) is 0.410. The van der Waals surface area contributed by atoms with Gasteiger partial charge in [0.2, 0.25) is 0 Å². The maximum absolute atomic E-state index is 13.4. The van der Waals surface area contributed by atoms with Gasteiger partial charge in [0.15, 0.2) is 6.10 Å². The lowest BCUT2D eigenvalue weighted by atomic mass is 9.83. The first-order valence-corrected chi connectivity index (χ1v) is 12.7. The van der Waals surface area contributed by atoms with Crippen molar-refractivity contribution in [1.82, 2.24) is 0 Å². The zero-order valence-corrected chi connectivity index (χ0v) is 19.7. The predicted molar refractivity (Wildman–Crippen MR) is 132 cm³/mol. The van der Waals surface area contributed by atoms with Gasteiger partial charge >= 0.3 is 6.09 Å². The average Bonchev–Trinajstić information content (AvgIpc) is 3.38. The molecule has 172 valence electrons. The van der Waals surface area contributed by atoms with Crippen LogP contribution in [0.4, 0.5) is 10.5 Å². The van der Waals surface area contributed by atoms with E-state index in [0.717, 1.165) is 59.8 Å². The first-order valence-electron chi connectivity index (χ1n) is 11.8. The molecule has 0 saturated carbocycles. The molecule has 33 heavy (non-hydrogen) atoms. The van der Waals surface area contributed by atoms with Crippen molar-refractivity contribution in [3.05, 3.63) is 83.1 Å². The SMILES string of the molecule is O=C(OC1C[N+]2(CCOc3ccccc3)CCC1CC2)N(Cc1cccs1)c1ccccc1. The summed E-state index contributed by atoms with van der Waals surface area (Å²) >= 11 is 1.66. The number of rotatable bonds is 8. The molecule has 4 heterocycles. The van der Waals surface area contributed by atoms with Crippen molar-refractivity contribution < 1.29 is 18.8 Å². The lowest BCUT2D eigenvalue weighted by Gasteiger charge is -2.52. The minimum atomic E-state index is -0.243. The largest absolute Gasteiger partial charge is 0.488 e. The second kappa shape index (κ2) is 9.98. The summed E-state index contributed by atoms with van der Waals surface area (Å²) in [5.74, 6) is 1.38. The molecule has 6 heteroatoms. The summed E-state index contributed by atoms with van der Waals surface area (Å²) in [7, 11) is 0. The van der Waals surface area contributed by atoms with E-state index in [1.165, 1.54) is 0 Å². The third-order valence-electron chi connectivity index (χ3n) is 7.05. The lowest BCUT2D eigenvalue weighted by molar-refractivity contribution is -0.946. The summed E-state index contributed by atoms with van der Waals surface area (Å²) in [5, 5.41) is 2.04. The molecular formula is C27H31N2O3S+. The fourth-order valence-electron chi connectivity index (χ4n) is 5.16. The summed E-state index contributed by atoms with van der Waals surface area (Å²) in [4.78, 5) is 16.3. The monoisotopic (exact) mass is 463 g/mol. The smallest absolute Gasteiger partial charge is 0.415 e. The summed E-state index contributed by atoms with van der Waals surface area (Å²) in [6.07, 6.45) is 1.94. The number of para-hydroxylation sites is 2. The number of carbonyl (C=O) groups is 1. The number of nitrogens with zero attached hydrogens (tertiary/aromatic N) is 2. The van der Waals surface area contributed by atoms with E-state index in [0.29, 0.717) is 19.1 Å². The Hall–Kier alpha value is -2.83. The van der Waals surface area contributed by atoms with Crippen molar-refractivity contribution in [1.29, 1.82) is 0 Å². The van der Waals surface area contributed by atoms with Crippen LogP contribution >= 0.6 is 11.3 Å². The summed E-state index contributed by atoms with van der Waals surface area (Å²) < 4.78 is 13.2. The molecule has 0 spiro atoms. The Morgan fingerprint density at radius 3 is 2.39 bits per heavy atom. The van der Waals surface area contributed by atoms with Crippen LogP contribution < -0.4 is 9.64 Å². The molecule has 3 saturated heterocycles. The van der Waals surface area contributed by atoms with Crippen LogP contribution in [-0.4, -0.2) is 49.5 Å². The Bertz CT molecular complexity index is 1020. The molecule has 3 aromatic rings. The van der Waals surface area contributed by atoms with Crippen LogP contribution in [0, 0.1) is 5.92 Å². The number of fused-ring (bicyclic) bond motifs is 3. The normalized spacial score (nSPS) is 23.8. The Labute approximate surface area is 199 Å². The highest BCUT2D eigenvalue weighted by atomic mass is 32.1. The number of hydrogen-bond donors (Lipinski definition) is 0. The van der Waals surface area contributed by atoms with Crippen molar-refractivity contribution in [3.8, 4) is 5.75 Å². The Morgan fingerprint density at radius 1 is 0.970 bits per heavy atom. The molecule has 1 aromatic heterocycles. The highest BCUT2D eigenvalue weighted by Gasteiger charge is 2.47. The molecular weight excluding hydrogens is 432 g/mol. The van der Waals surface area contributed by atoms with Crippen LogP contribution in [0.1, 0.15) is 17.7 Å². The topological polar surface area (TPSA) is 38.8 Å². The summed E-state index contributed by atoms with van der Waals surface area (Å²) in [6.45, 7) is 5.35. The molecule has 5 nitrogen and oxygen atoms in total. The van der Waals surface area contributed by atoms with Crippen LogP contribution in [0.15, 0.2) is 78.2 Å². The Balaban J connectivity index is 1.24. The molecule has 6 rings (SSSR count). The van der Waals surface area contributed by atoms with Gasteiger partial charge in [-0.15, -0.1) is 11.3 Å². The number of benzene rings is 2. The van der Waals surface area contributed by atoms with E-state index in [4.69, 9.17) is 9.47 Å². The molecule has 1 atom stereocenters. The number of ether oxygens (including phenoxy) is 2. The molecule has 1 amide bonds. The van der Waals surface area contributed by atoms with E-state index in [-0.39, 0.29) is 12.2 Å². The standard InChI is InChI=1S/C27H31N2O3S/c30-27(28(20-25-12-7-19-33-25)23-8-3-1-4-9-23)32-26-21-29(15-13-22(26)14-16-29)17-18-31-24-10-5-2-6-11-24/h1-12,19,22,26H,13-18,20-21H2/q+1. The van der Waals surface area contributed by atoms with Gasteiger partial charge in [0.1, 0.15) is 25.4 Å². The van der Waals surface area contributed by atoms with E-state index in [9.17, 15) is 4.79 Å². The average molecular weight is 464 g/mol. The molecule has 0 radical (unpaired) electrons. The maximum atomic E-state index is 13.4. The van der Waals surface area contributed by atoms with E-state index >= 15 is 0 Å². The molecule has 0 aliphatic carbocycles. The van der Waals surface area contributed by atoms with E-state index in [2.05, 4.69) is 6.07 Å². The van der Waals surface area contributed by atoms with E-state index in [1.807, 2.05) is 72.1 Å². The van der Waals surface area contributed by atoms with Crippen LogP contribution in [0.5, 0.6) is 5.75 Å². The third kappa shape index (κ3) is 5.23. The van der Waals surface area contributed by atoms with Crippen LogP contribution in [0.3, 0.4) is 0 Å². The zero-order valence-electron chi connectivity index (χ0n) is 18.8. The molecule has 3 fully saturated rings. The van der Waals surface area contributed by atoms with Crippen LogP contribution in [-0.2, 0) is 11.3 Å². The second-order valence-corrected chi connectivity index (χ2v) is 10.1. The second-order valence-electron chi connectivity index (χ2n) is 9.12. The van der Waals surface area contributed by atoms with Gasteiger partial charge < -0.3 is 14.0 Å².